The molecule has 0 heterocycles. The highest BCUT2D eigenvalue weighted by Crippen LogP contribution is 2.19. The van der Waals surface area contributed by atoms with Crippen LogP contribution < -0.4 is 10.6 Å². The first kappa shape index (κ1) is 26.6. The van der Waals surface area contributed by atoms with Gasteiger partial charge >= 0.3 is 0 Å². The third-order valence-corrected chi connectivity index (χ3v) is 4.29. The van der Waals surface area contributed by atoms with Gasteiger partial charge in [-0.1, -0.05) is 13.8 Å². The molecule has 0 saturated heterocycles. The Morgan fingerprint density at radius 1 is 1.16 bits per heavy atom. The Morgan fingerprint density at radius 3 is 2.08 bits per heavy atom. The molecule has 0 spiro atoms. The summed E-state index contributed by atoms with van der Waals surface area (Å²) < 4.78 is 22.6. The zero-order chi connectivity index (χ0) is 19.2. The summed E-state index contributed by atoms with van der Waals surface area (Å²) in [4.78, 5) is 17.9. The smallest absolute Gasteiger partial charge is 0.240 e. The molecular weight excluding hydrogens is 455 g/mol. The second-order valence-electron chi connectivity index (χ2n) is 8.10. The van der Waals surface area contributed by atoms with E-state index < -0.39 is 9.84 Å². The molecule has 0 bridgehead atoms. The van der Waals surface area contributed by atoms with Crippen LogP contribution in [0.4, 0.5) is 0 Å². The molecule has 0 unspecified atom stereocenters. The van der Waals surface area contributed by atoms with Gasteiger partial charge in [-0.2, -0.15) is 0 Å². The summed E-state index contributed by atoms with van der Waals surface area (Å²) in [5.41, 5.74) is -0.476. The minimum atomic E-state index is -2.97. The number of nitrogens with one attached hydrogen (secondary N) is 2. The fourth-order valence-electron chi connectivity index (χ4n) is 2.00. The molecule has 25 heavy (non-hydrogen) atoms. The van der Waals surface area contributed by atoms with Crippen molar-refractivity contribution in [2.45, 2.75) is 46.6 Å². The van der Waals surface area contributed by atoms with E-state index >= 15 is 0 Å². The van der Waals surface area contributed by atoms with E-state index in [1.807, 2.05) is 34.6 Å². The maximum Gasteiger partial charge on any atom is 0.240 e. The van der Waals surface area contributed by atoms with Crippen molar-refractivity contribution < 1.29 is 13.2 Å². The molecule has 0 fully saturated rings. The van der Waals surface area contributed by atoms with Crippen LogP contribution in [0.3, 0.4) is 0 Å². The maximum absolute atomic E-state index is 12.0. The van der Waals surface area contributed by atoms with Crippen LogP contribution in [-0.2, 0) is 14.6 Å². The van der Waals surface area contributed by atoms with Crippen LogP contribution in [0, 0.1) is 5.41 Å². The fourth-order valence-corrected chi connectivity index (χ4v) is 2.92. The molecule has 0 aliphatic carbocycles. The number of halogens is 1. The summed E-state index contributed by atoms with van der Waals surface area (Å²) in [5.74, 6) is 0.681. The predicted molar refractivity (Wildman–Crippen MR) is 115 cm³/mol. The number of carbonyl (C=O) groups is 1. The number of amides is 1. The highest BCUT2D eigenvalue weighted by Gasteiger charge is 2.22. The Morgan fingerprint density at radius 2 is 1.68 bits per heavy atom. The van der Waals surface area contributed by atoms with Crippen molar-refractivity contribution in [2.75, 3.05) is 39.2 Å². The largest absolute Gasteiger partial charge is 0.356 e. The van der Waals surface area contributed by atoms with Crippen molar-refractivity contribution in [3.8, 4) is 0 Å². The molecule has 150 valence electrons. The van der Waals surface area contributed by atoms with E-state index in [-0.39, 0.29) is 53.1 Å². The van der Waals surface area contributed by atoms with Crippen molar-refractivity contribution in [1.29, 1.82) is 0 Å². The van der Waals surface area contributed by atoms with Crippen molar-refractivity contribution >= 4 is 45.7 Å². The number of aliphatic imine (C=N–C) groups is 1. The Kier molecular flexibility index (Phi) is 11.2. The molecule has 0 atom stereocenters. The van der Waals surface area contributed by atoms with Gasteiger partial charge < -0.3 is 15.5 Å². The van der Waals surface area contributed by atoms with Gasteiger partial charge in [-0.25, -0.2) is 8.42 Å². The molecule has 2 N–H and O–H groups in total. The summed E-state index contributed by atoms with van der Waals surface area (Å²) in [6, 6.07) is 0. The summed E-state index contributed by atoms with van der Waals surface area (Å²) in [6.07, 6.45) is 1.81. The van der Waals surface area contributed by atoms with E-state index in [9.17, 15) is 13.2 Å². The Hall–Kier alpha value is -0.580. The van der Waals surface area contributed by atoms with Gasteiger partial charge in [0.2, 0.25) is 5.91 Å². The van der Waals surface area contributed by atoms with Gasteiger partial charge in [0.25, 0.3) is 0 Å². The van der Waals surface area contributed by atoms with Gasteiger partial charge in [0.1, 0.15) is 9.84 Å². The molecule has 0 rings (SSSR count). The number of likely N-dealkylation sites (N-methyl/N-ethyl adjacent to an activating group) is 1. The third-order valence-electron chi connectivity index (χ3n) is 3.34. The number of carbonyl (C=O) groups excluding carboxylic acids is 1. The maximum atomic E-state index is 12.0. The van der Waals surface area contributed by atoms with Crippen LogP contribution >= 0.6 is 24.0 Å². The topological polar surface area (TPSA) is 90.9 Å². The normalized spacial score (nSPS) is 13.0. The standard InChI is InChI=1S/C16H34N4O3S.HI/c1-15(2,3)19-13(21)11-20(7)14(17-6)18-12-16(4,5)9-10-24(8,22)23;/h9-12H2,1-8H3,(H,17,18)(H,19,21);1H. The number of guanidine groups is 1. The lowest BCUT2D eigenvalue weighted by Crippen LogP contribution is -2.49. The van der Waals surface area contributed by atoms with E-state index in [1.165, 1.54) is 6.26 Å². The Labute approximate surface area is 170 Å². The average Bonchev–Trinajstić information content (AvgIpc) is 2.34. The quantitative estimate of drug-likeness (QED) is 0.321. The van der Waals surface area contributed by atoms with Crippen molar-refractivity contribution in [3.63, 3.8) is 0 Å². The van der Waals surface area contributed by atoms with Gasteiger partial charge in [0.05, 0.1) is 12.3 Å². The van der Waals surface area contributed by atoms with Crippen LogP contribution in [0.15, 0.2) is 4.99 Å². The van der Waals surface area contributed by atoms with Crippen molar-refractivity contribution in [3.05, 3.63) is 0 Å². The molecule has 9 heteroatoms. The van der Waals surface area contributed by atoms with Gasteiger partial charge in [0.15, 0.2) is 5.96 Å². The zero-order valence-electron chi connectivity index (χ0n) is 16.8. The second kappa shape index (κ2) is 10.5. The first-order chi connectivity index (χ1) is 10.7. The Balaban J connectivity index is 0. The molecule has 7 nitrogen and oxygen atoms in total. The summed E-state index contributed by atoms with van der Waals surface area (Å²) in [5, 5.41) is 6.12. The number of hydrogen-bond acceptors (Lipinski definition) is 4. The van der Waals surface area contributed by atoms with Gasteiger partial charge in [-0.15, -0.1) is 24.0 Å². The zero-order valence-corrected chi connectivity index (χ0v) is 19.9. The van der Waals surface area contributed by atoms with Crippen LogP contribution in [0.5, 0.6) is 0 Å². The lowest BCUT2D eigenvalue weighted by atomic mass is 9.90. The van der Waals surface area contributed by atoms with E-state index in [1.54, 1.807) is 19.0 Å². The minimum absolute atomic E-state index is 0. The molecule has 1 amide bonds. The fraction of sp³-hybridized carbons (Fsp3) is 0.875. The molecule has 0 aromatic rings. The molecule has 0 aliphatic rings. The van der Waals surface area contributed by atoms with E-state index in [0.717, 1.165) is 0 Å². The number of rotatable bonds is 7. The minimum Gasteiger partial charge on any atom is -0.356 e. The third kappa shape index (κ3) is 14.3. The number of sulfone groups is 1. The van der Waals surface area contributed by atoms with E-state index in [2.05, 4.69) is 15.6 Å². The number of nitrogens with zero attached hydrogens (tertiary/aromatic N) is 2. The molecule has 0 saturated carbocycles. The van der Waals surface area contributed by atoms with Gasteiger partial charge in [-0.05, 0) is 32.6 Å². The molecule has 0 aliphatic heterocycles. The van der Waals surface area contributed by atoms with E-state index in [4.69, 9.17) is 0 Å². The lowest BCUT2D eigenvalue weighted by Gasteiger charge is -2.29. The summed E-state index contributed by atoms with van der Waals surface area (Å²) in [6.45, 7) is 10.6. The number of hydrogen-bond donors (Lipinski definition) is 2. The van der Waals surface area contributed by atoms with Crippen molar-refractivity contribution in [2.24, 2.45) is 10.4 Å². The predicted octanol–water partition coefficient (Wildman–Crippen LogP) is 1.49. The molecule has 0 aromatic carbocycles. The lowest BCUT2D eigenvalue weighted by molar-refractivity contribution is -0.122. The SMILES string of the molecule is CN=C(NCC(C)(C)CCS(C)(=O)=O)N(C)CC(=O)NC(C)(C)C.I. The monoisotopic (exact) mass is 490 g/mol. The van der Waals surface area contributed by atoms with Gasteiger partial charge in [-0.3, -0.25) is 9.79 Å². The highest BCUT2D eigenvalue weighted by molar-refractivity contribution is 14.0. The van der Waals surface area contributed by atoms with E-state index in [0.29, 0.717) is 18.9 Å². The van der Waals surface area contributed by atoms with Crippen LogP contribution in [-0.4, -0.2) is 69.9 Å². The van der Waals surface area contributed by atoms with Crippen LogP contribution in [0.25, 0.3) is 0 Å². The Bertz CT molecular complexity index is 554. The average molecular weight is 490 g/mol. The first-order valence-electron chi connectivity index (χ1n) is 8.06. The highest BCUT2D eigenvalue weighted by atomic mass is 127. The van der Waals surface area contributed by atoms with Crippen molar-refractivity contribution in [1.82, 2.24) is 15.5 Å². The van der Waals surface area contributed by atoms with Crippen LogP contribution in [0.2, 0.25) is 0 Å². The molecule has 0 radical (unpaired) electrons. The second-order valence-corrected chi connectivity index (χ2v) is 10.4. The molecule has 0 aromatic heterocycles. The summed E-state index contributed by atoms with van der Waals surface area (Å²) >= 11 is 0. The van der Waals surface area contributed by atoms with Crippen LogP contribution in [0.1, 0.15) is 41.0 Å². The summed E-state index contributed by atoms with van der Waals surface area (Å²) in [7, 11) is 0.477. The molecular formula is C16H35IN4O3S. The van der Waals surface area contributed by atoms with Gasteiger partial charge in [0, 0.05) is 32.4 Å². The first-order valence-corrected chi connectivity index (χ1v) is 10.1.